The summed E-state index contributed by atoms with van der Waals surface area (Å²) in [5.74, 6) is 1.51. The van der Waals surface area contributed by atoms with E-state index < -0.39 is 0 Å². The Morgan fingerprint density at radius 1 is 1.09 bits per heavy atom. The number of benzene rings is 1. The van der Waals surface area contributed by atoms with Crippen molar-refractivity contribution in [1.82, 2.24) is 14.4 Å². The number of pyridine rings is 1. The lowest BCUT2D eigenvalue weighted by Crippen LogP contribution is -2.47. The van der Waals surface area contributed by atoms with Gasteiger partial charge in [-0.15, -0.1) is 0 Å². The molecule has 2 saturated heterocycles. The molecule has 2 aromatic rings. The smallest absolute Gasteiger partial charge is 0.268 e. The quantitative estimate of drug-likeness (QED) is 0.726. The lowest BCUT2D eigenvalue weighted by Gasteiger charge is -2.37. The molecule has 0 aliphatic carbocycles. The van der Waals surface area contributed by atoms with Gasteiger partial charge in [-0.05, 0) is 49.4 Å². The molecule has 32 heavy (non-hydrogen) atoms. The summed E-state index contributed by atoms with van der Waals surface area (Å²) >= 11 is 0. The Labute approximate surface area is 187 Å². The van der Waals surface area contributed by atoms with E-state index in [9.17, 15) is 9.59 Å². The lowest BCUT2D eigenvalue weighted by atomic mass is 9.96. The Bertz CT molecular complexity index is 1060. The molecule has 3 aliphatic heterocycles. The third-order valence-corrected chi connectivity index (χ3v) is 6.58. The highest BCUT2D eigenvalue weighted by atomic mass is 16.7. The second-order valence-corrected chi connectivity index (χ2v) is 8.76. The van der Waals surface area contributed by atoms with Gasteiger partial charge in [0.15, 0.2) is 11.5 Å². The molecule has 1 aromatic carbocycles. The fourth-order valence-electron chi connectivity index (χ4n) is 4.83. The molecule has 0 bridgehead atoms. The number of carbonyl (C=O) groups is 1. The first-order chi connectivity index (χ1) is 15.6. The average Bonchev–Trinajstić information content (AvgIpc) is 3.28. The van der Waals surface area contributed by atoms with E-state index in [1.807, 2.05) is 17.9 Å². The zero-order valence-electron chi connectivity index (χ0n) is 18.4. The predicted molar refractivity (Wildman–Crippen MR) is 119 cm³/mol. The van der Waals surface area contributed by atoms with Crippen LogP contribution >= 0.6 is 0 Å². The normalized spacial score (nSPS) is 21.0. The number of hydrogen-bond donors (Lipinski definition) is 0. The van der Waals surface area contributed by atoms with Crippen molar-refractivity contribution in [2.24, 2.45) is 5.92 Å². The third-order valence-electron chi connectivity index (χ3n) is 6.58. The lowest BCUT2D eigenvalue weighted by molar-refractivity contribution is 0.0223. The van der Waals surface area contributed by atoms with Crippen molar-refractivity contribution < 1.29 is 19.0 Å². The number of nitrogens with zero attached hydrogens (tertiary/aromatic N) is 3. The number of hydrogen-bond acceptors (Lipinski definition) is 6. The summed E-state index contributed by atoms with van der Waals surface area (Å²) in [4.78, 5) is 31.2. The monoisotopic (exact) mass is 439 g/mol. The molecule has 3 aliphatic rings. The molecule has 170 valence electrons. The predicted octanol–water partition coefficient (Wildman–Crippen LogP) is 2.06. The Balaban J connectivity index is 1.37. The van der Waals surface area contributed by atoms with Crippen molar-refractivity contribution in [1.29, 1.82) is 0 Å². The first-order valence-corrected chi connectivity index (χ1v) is 11.3. The van der Waals surface area contributed by atoms with Crippen LogP contribution in [0.25, 0.3) is 5.69 Å². The molecule has 0 saturated carbocycles. The van der Waals surface area contributed by atoms with Gasteiger partial charge in [-0.3, -0.25) is 19.1 Å². The van der Waals surface area contributed by atoms with Crippen molar-refractivity contribution in [3.63, 3.8) is 0 Å². The number of rotatable bonds is 4. The van der Waals surface area contributed by atoms with E-state index >= 15 is 0 Å². The molecule has 8 heteroatoms. The van der Waals surface area contributed by atoms with Gasteiger partial charge in [0, 0.05) is 45.0 Å². The molecule has 1 amide bonds. The number of likely N-dealkylation sites (tertiary alicyclic amines) is 1. The number of ether oxygens (including phenoxy) is 3. The molecule has 0 spiro atoms. The SMILES string of the molecule is Cc1ccn(-c2ccc3c(c2)OCO3)c(=O)c1C(=O)N1CCCC(CN2CCOCC2)C1. The van der Waals surface area contributed by atoms with Crippen LogP contribution in [0.1, 0.15) is 28.8 Å². The van der Waals surface area contributed by atoms with E-state index in [-0.39, 0.29) is 23.8 Å². The molecular formula is C24H29N3O5. The minimum atomic E-state index is -0.302. The Morgan fingerprint density at radius 2 is 1.91 bits per heavy atom. The van der Waals surface area contributed by atoms with Gasteiger partial charge in [0.25, 0.3) is 11.5 Å². The summed E-state index contributed by atoms with van der Waals surface area (Å²) in [6.45, 7) is 7.80. The molecule has 1 atom stereocenters. The van der Waals surface area contributed by atoms with E-state index in [2.05, 4.69) is 4.90 Å². The highest BCUT2D eigenvalue weighted by molar-refractivity contribution is 5.95. The maximum atomic E-state index is 13.5. The minimum absolute atomic E-state index is 0.172. The standard InChI is InChI=1S/C24H29N3O5/c1-17-6-8-27(19-4-5-20-21(13-19)32-16-31-20)24(29)22(17)23(28)26-7-2-3-18(15-26)14-25-9-11-30-12-10-25/h4-6,8,13,18H,2-3,7,9-12,14-16H2,1H3. The summed E-state index contributed by atoms with van der Waals surface area (Å²) in [7, 11) is 0. The Kier molecular flexibility index (Phi) is 5.89. The Hall–Kier alpha value is -2.84. The summed E-state index contributed by atoms with van der Waals surface area (Å²) in [6, 6.07) is 7.19. The van der Waals surface area contributed by atoms with Crippen LogP contribution < -0.4 is 15.0 Å². The second kappa shape index (κ2) is 8.96. The van der Waals surface area contributed by atoms with Crippen LogP contribution in [-0.4, -0.2) is 73.0 Å². The van der Waals surface area contributed by atoms with Crippen LogP contribution in [-0.2, 0) is 4.74 Å². The van der Waals surface area contributed by atoms with E-state index in [1.165, 1.54) is 4.57 Å². The van der Waals surface area contributed by atoms with Gasteiger partial charge in [-0.25, -0.2) is 0 Å². The first-order valence-electron chi connectivity index (χ1n) is 11.3. The molecular weight excluding hydrogens is 410 g/mol. The largest absolute Gasteiger partial charge is 0.454 e. The number of piperidine rings is 1. The van der Waals surface area contributed by atoms with Gasteiger partial charge >= 0.3 is 0 Å². The van der Waals surface area contributed by atoms with E-state index in [0.717, 1.165) is 45.7 Å². The highest BCUT2D eigenvalue weighted by Crippen LogP contribution is 2.33. The van der Waals surface area contributed by atoms with E-state index in [1.54, 1.807) is 24.4 Å². The number of aromatic nitrogens is 1. The van der Waals surface area contributed by atoms with Gasteiger partial charge in [0.1, 0.15) is 5.56 Å². The van der Waals surface area contributed by atoms with Gasteiger partial charge in [-0.2, -0.15) is 0 Å². The number of amides is 1. The van der Waals surface area contributed by atoms with Crippen LogP contribution in [0.4, 0.5) is 0 Å². The average molecular weight is 440 g/mol. The summed E-state index contributed by atoms with van der Waals surface area (Å²) in [6.07, 6.45) is 3.78. The number of carbonyl (C=O) groups excluding carboxylic acids is 1. The van der Waals surface area contributed by atoms with E-state index in [0.29, 0.717) is 41.8 Å². The molecule has 4 heterocycles. The first kappa shape index (κ1) is 21.0. The van der Waals surface area contributed by atoms with Crippen LogP contribution in [0, 0.1) is 12.8 Å². The van der Waals surface area contributed by atoms with E-state index in [4.69, 9.17) is 14.2 Å². The second-order valence-electron chi connectivity index (χ2n) is 8.76. The van der Waals surface area contributed by atoms with Crippen LogP contribution in [0.15, 0.2) is 35.3 Å². The fourth-order valence-corrected chi connectivity index (χ4v) is 4.83. The summed E-state index contributed by atoms with van der Waals surface area (Å²) < 4.78 is 17.8. The van der Waals surface area contributed by atoms with Crippen molar-refractivity contribution in [3.05, 3.63) is 51.9 Å². The zero-order valence-corrected chi connectivity index (χ0v) is 18.4. The highest BCUT2D eigenvalue weighted by Gasteiger charge is 2.29. The van der Waals surface area contributed by atoms with Crippen LogP contribution in [0.2, 0.25) is 0 Å². The van der Waals surface area contributed by atoms with Crippen molar-refractivity contribution in [3.8, 4) is 17.2 Å². The number of aryl methyl sites for hydroxylation is 1. The van der Waals surface area contributed by atoms with Crippen molar-refractivity contribution in [2.75, 3.05) is 52.7 Å². The Morgan fingerprint density at radius 3 is 2.75 bits per heavy atom. The summed E-state index contributed by atoms with van der Waals surface area (Å²) in [5.41, 5.74) is 1.30. The molecule has 5 rings (SSSR count). The van der Waals surface area contributed by atoms with Gasteiger partial charge in [-0.1, -0.05) is 0 Å². The van der Waals surface area contributed by atoms with Crippen molar-refractivity contribution >= 4 is 5.91 Å². The fraction of sp³-hybridized carbons (Fsp3) is 0.500. The molecule has 8 nitrogen and oxygen atoms in total. The zero-order chi connectivity index (χ0) is 22.1. The number of fused-ring (bicyclic) bond motifs is 1. The topological polar surface area (TPSA) is 73.2 Å². The number of morpholine rings is 1. The maximum absolute atomic E-state index is 13.5. The molecule has 2 fully saturated rings. The molecule has 0 N–H and O–H groups in total. The van der Waals surface area contributed by atoms with Gasteiger partial charge in [0.05, 0.1) is 18.9 Å². The molecule has 1 unspecified atom stereocenters. The van der Waals surface area contributed by atoms with Gasteiger partial charge < -0.3 is 19.1 Å². The van der Waals surface area contributed by atoms with Gasteiger partial charge in [0.2, 0.25) is 6.79 Å². The maximum Gasteiger partial charge on any atom is 0.268 e. The minimum Gasteiger partial charge on any atom is -0.454 e. The van der Waals surface area contributed by atoms with Crippen LogP contribution in [0.5, 0.6) is 11.5 Å². The summed E-state index contributed by atoms with van der Waals surface area (Å²) in [5, 5.41) is 0. The van der Waals surface area contributed by atoms with Crippen molar-refractivity contribution in [2.45, 2.75) is 19.8 Å². The molecule has 1 aromatic heterocycles. The molecule has 0 radical (unpaired) electrons. The van der Waals surface area contributed by atoms with Crippen LogP contribution in [0.3, 0.4) is 0 Å². The third kappa shape index (κ3) is 4.12.